The van der Waals surface area contributed by atoms with E-state index in [0.29, 0.717) is 13.2 Å². The second kappa shape index (κ2) is 9.32. The number of rotatable bonds is 5. The lowest BCUT2D eigenvalue weighted by Crippen LogP contribution is -2.36. The molecular weight excluding hydrogens is 421 g/mol. The van der Waals surface area contributed by atoms with Crippen LogP contribution in [0.25, 0.3) is 6.08 Å². The van der Waals surface area contributed by atoms with Crippen LogP contribution in [-0.4, -0.2) is 54.8 Å². The smallest absolute Gasteiger partial charge is 0.294 e. The molecule has 0 aromatic heterocycles. The van der Waals surface area contributed by atoms with Gasteiger partial charge in [-0.15, -0.1) is 0 Å². The minimum absolute atomic E-state index is 0.252. The van der Waals surface area contributed by atoms with Gasteiger partial charge in [0.05, 0.1) is 18.1 Å². The van der Waals surface area contributed by atoms with Gasteiger partial charge < -0.3 is 15.0 Å². The van der Waals surface area contributed by atoms with Crippen molar-refractivity contribution in [2.24, 2.45) is 0 Å². The van der Waals surface area contributed by atoms with E-state index in [9.17, 15) is 18.8 Å². The number of benzene rings is 2. The van der Waals surface area contributed by atoms with Crippen molar-refractivity contribution in [3.05, 3.63) is 64.8 Å². The quantitative estimate of drug-likeness (QED) is 0.717. The van der Waals surface area contributed by atoms with Crippen LogP contribution in [0, 0.1) is 5.82 Å². The molecule has 0 spiro atoms. The maximum Gasteiger partial charge on any atom is 0.294 e. The van der Waals surface area contributed by atoms with Gasteiger partial charge in [-0.05, 0) is 53.7 Å². The summed E-state index contributed by atoms with van der Waals surface area (Å²) in [4.78, 5) is 40.4. The van der Waals surface area contributed by atoms with E-state index in [1.165, 1.54) is 18.2 Å². The van der Waals surface area contributed by atoms with E-state index < -0.39 is 29.4 Å². The zero-order chi connectivity index (χ0) is 21.8. The van der Waals surface area contributed by atoms with Gasteiger partial charge in [0.25, 0.3) is 11.1 Å². The fourth-order valence-corrected chi connectivity index (χ4v) is 4.14. The molecule has 0 bridgehead atoms. The van der Waals surface area contributed by atoms with Crippen LogP contribution < -0.4 is 10.2 Å². The van der Waals surface area contributed by atoms with Crippen molar-refractivity contribution >= 4 is 46.3 Å². The van der Waals surface area contributed by atoms with Gasteiger partial charge in [0.1, 0.15) is 12.4 Å². The molecule has 2 aromatic carbocycles. The average molecular weight is 441 g/mol. The topological polar surface area (TPSA) is 79.0 Å². The van der Waals surface area contributed by atoms with Gasteiger partial charge in [-0.3, -0.25) is 19.3 Å². The van der Waals surface area contributed by atoms with Crippen LogP contribution in [-0.2, 0) is 14.3 Å². The number of imide groups is 1. The second-order valence-electron chi connectivity index (χ2n) is 7.02. The molecule has 31 heavy (non-hydrogen) atoms. The third-order valence-electron chi connectivity index (χ3n) is 4.85. The van der Waals surface area contributed by atoms with Gasteiger partial charge in [0.15, 0.2) is 0 Å². The Balaban J connectivity index is 1.40. The Morgan fingerprint density at radius 1 is 1.13 bits per heavy atom. The number of carbonyl (C=O) groups is 3. The molecule has 9 heteroatoms. The minimum atomic E-state index is -0.580. The van der Waals surface area contributed by atoms with Crippen LogP contribution in [0.5, 0.6) is 0 Å². The first kappa shape index (κ1) is 21.1. The standard InChI is InChI=1S/C22H20FN3O4S/c23-16-2-1-3-17(13-16)24-20(27)14-26-21(28)19(31-22(26)29)12-15-4-6-18(7-5-15)25-8-10-30-11-9-25/h1-7,12-13H,8-11,14H2,(H,24,27)/b19-12+. The van der Waals surface area contributed by atoms with Crippen molar-refractivity contribution in [3.8, 4) is 0 Å². The number of amides is 3. The lowest BCUT2D eigenvalue weighted by Gasteiger charge is -2.28. The monoisotopic (exact) mass is 441 g/mol. The number of hydrogen-bond acceptors (Lipinski definition) is 6. The third-order valence-corrected chi connectivity index (χ3v) is 5.76. The van der Waals surface area contributed by atoms with Crippen LogP contribution in [0.4, 0.5) is 20.6 Å². The van der Waals surface area contributed by atoms with Gasteiger partial charge >= 0.3 is 0 Å². The predicted octanol–water partition coefficient (Wildman–Crippen LogP) is 3.34. The van der Waals surface area contributed by atoms with Crippen molar-refractivity contribution in [1.29, 1.82) is 0 Å². The van der Waals surface area contributed by atoms with Crippen molar-refractivity contribution in [2.75, 3.05) is 43.1 Å². The zero-order valence-corrected chi connectivity index (χ0v) is 17.4. The van der Waals surface area contributed by atoms with Crippen LogP contribution in [0.1, 0.15) is 5.56 Å². The van der Waals surface area contributed by atoms with Gasteiger partial charge in [-0.1, -0.05) is 18.2 Å². The summed E-state index contributed by atoms with van der Waals surface area (Å²) in [5.74, 6) is -1.60. The van der Waals surface area contributed by atoms with Crippen molar-refractivity contribution in [1.82, 2.24) is 4.90 Å². The number of morpholine rings is 1. The number of carbonyl (C=O) groups excluding carboxylic acids is 3. The first-order valence-electron chi connectivity index (χ1n) is 9.73. The number of halogens is 1. The molecule has 0 aliphatic carbocycles. The average Bonchev–Trinajstić information content (AvgIpc) is 3.02. The maximum atomic E-state index is 13.2. The molecule has 2 aliphatic heterocycles. The van der Waals surface area contributed by atoms with E-state index in [4.69, 9.17) is 4.74 Å². The summed E-state index contributed by atoms with van der Waals surface area (Å²) in [5, 5.41) is 1.97. The Bertz CT molecular complexity index is 1040. The fourth-order valence-electron chi connectivity index (χ4n) is 3.30. The highest BCUT2D eigenvalue weighted by molar-refractivity contribution is 8.18. The molecule has 2 aliphatic rings. The number of anilines is 2. The van der Waals surface area contributed by atoms with Crippen LogP contribution in [0.3, 0.4) is 0 Å². The van der Waals surface area contributed by atoms with Gasteiger partial charge in [0, 0.05) is 24.5 Å². The zero-order valence-electron chi connectivity index (χ0n) is 16.5. The SMILES string of the molecule is O=C(CN1C(=O)S/C(=C/c2ccc(N3CCOCC3)cc2)C1=O)Nc1cccc(F)c1. The first-order valence-corrected chi connectivity index (χ1v) is 10.5. The minimum Gasteiger partial charge on any atom is -0.378 e. The summed E-state index contributed by atoms with van der Waals surface area (Å²) >= 11 is 0.791. The predicted molar refractivity (Wildman–Crippen MR) is 117 cm³/mol. The first-order chi connectivity index (χ1) is 15.0. The van der Waals surface area contributed by atoms with Crippen LogP contribution in [0.2, 0.25) is 0 Å². The molecule has 2 fully saturated rings. The number of ether oxygens (including phenoxy) is 1. The molecule has 0 saturated carbocycles. The van der Waals surface area contributed by atoms with Gasteiger partial charge in [-0.2, -0.15) is 0 Å². The maximum absolute atomic E-state index is 13.2. The summed E-state index contributed by atoms with van der Waals surface area (Å²) in [7, 11) is 0. The number of nitrogens with zero attached hydrogens (tertiary/aromatic N) is 2. The summed E-state index contributed by atoms with van der Waals surface area (Å²) in [5.41, 5.74) is 2.11. The summed E-state index contributed by atoms with van der Waals surface area (Å²) in [6.07, 6.45) is 1.64. The van der Waals surface area contributed by atoms with Gasteiger partial charge in [0.2, 0.25) is 5.91 Å². The van der Waals surface area contributed by atoms with Gasteiger partial charge in [-0.25, -0.2) is 4.39 Å². The van der Waals surface area contributed by atoms with E-state index in [1.54, 1.807) is 6.08 Å². The molecule has 7 nitrogen and oxygen atoms in total. The highest BCUT2D eigenvalue weighted by Gasteiger charge is 2.36. The summed E-state index contributed by atoms with van der Waals surface area (Å²) in [6, 6.07) is 13.1. The molecule has 2 heterocycles. The molecule has 2 aromatic rings. The lowest BCUT2D eigenvalue weighted by molar-refractivity contribution is -0.127. The van der Waals surface area contributed by atoms with Crippen LogP contribution >= 0.6 is 11.8 Å². The molecule has 0 atom stereocenters. The summed E-state index contributed by atoms with van der Waals surface area (Å²) in [6.45, 7) is 2.61. The molecule has 0 unspecified atom stereocenters. The van der Waals surface area contributed by atoms with Crippen molar-refractivity contribution in [3.63, 3.8) is 0 Å². The largest absolute Gasteiger partial charge is 0.378 e. The third kappa shape index (κ3) is 5.12. The lowest BCUT2D eigenvalue weighted by atomic mass is 10.1. The van der Waals surface area contributed by atoms with Crippen LogP contribution in [0.15, 0.2) is 53.4 Å². The molecule has 4 rings (SSSR count). The number of hydrogen-bond donors (Lipinski definition) is 1. The van der Waals surface area contributed by atoms with E-state index in [-0.39, 0.29) is 10.6 Å². The normalized spacial score (nSPS) is 18.0. The Morgan fingerprint density at radius 3 is 2.58 bits per heavy atom. The Morgan fingerprint density at radius 2 is 1.87 bits per heavy atom. The molecule has 3 amide bonds. The Hall–Kier alpha value is -3.17. The van der Waals surface area contributed by atoms with Crippen molar-refractivity contribution in [2.45, 2.75) is 0 Å². The second-order valence-corrected chi connectivity index (χ2v) is 8.01. The molecular formula is C22H20FN3O4S. The van der Waals surface area contributed by atoms with E-state index in [2.05, 4.69) is 10.2 Å². The fraction of sp³-hybridized carbons (Fsp3) is 0.227. The van der Waals surface area contributed by atoms with E-state index in [1.807, 2.05) is 24.3 Å². The van der Waals surface area contributed by atoms with Crippen molar-refractivity contribution < 1.29 is 23.5 Å². The molecule has 1 N–H and O–H groups in total. The Labute approximate surface area is 182 Å². The highest BCUT2D eigenvalue weighted by atomic mass is 32.2. The number of thioether (sulfide) groups is 1. The molecule has 2 saturated heterocycles. The molecule has 0 radical (unpaired) electrons. The highest BCUT2D eigenvalue weighted by Crippen LogP contribution is 2.32. The van der Waals surface area contributed by atoms with E-state index in [0.717, 1.165) is 47.1 Å². The Kier molecular flexibility index (Phi) is 6.34. The van der Waals surface area contributed by atoms with E-state index >= 15 is 0 Å². The summed E-state index contributed by atoms with van der Waals surface area (Å²) < 4.78 is 18.6. The number of nitrogens with one attached hydrogen (secondary N) is 1. The molecule has 160 valence electrons.